The van der Waals surface area contributed by atoms with Crippen LogP contribution in [0.15, 0.2) is 35.2 Å². The monoisotopic (exact) mass is 261 g/mol. The van der Waals surface area contributed by atoms with E-state index in [1.165, 1.54) is 18.2 Å². The summed E-state index contributed by atoms with van der Waals surface area (Å²) >= 11 is 0. The minimum Gasteiger partial charge on any atom is -0.397 e. The van der Waals surface area contributed by atoms with Crippen LogP contribution in [0.2, 0.25) is 0 Å². The Balaban J connectivity index is 0.00000144. The topological polar surface area (TPSA) is 106 Å². The van der Waals surface area contributed by atoms with E-state index in [2.05, 4.69) is 0 Å². The zero-order valence-electron chi connectivity index (χ0n) is 9.21. The van der Waals surface area contributed by atoms with Crippen LogP contribution >= 0.6 is 0 Å². The first-order valence-corrected chi connectivity index (χ1v) is 5.89. The predicted molar refractivity (Wildman–Crippen MR) is 68.3 cm³/mol. The fourth-order valence-electron chi connectivity index (χ4n) is 1.56. The Morgan fingerprint density at radius 1 is 1.06 bits per heavy atom. The van der Waals surface area contributed by atoms with Gasteiger partial charge in [-0.15, -0.1) is 0 Å². The van der Waals surface area contributed by atoms with Gasteiger partial charge in [-0.25, -0.2) is 0 Å². The van der Waals surface area contributed by atoms with Gasteiger partial charge in [0.15, 0.2) is 0 Å². The molecule has 0 spiro atoms. The molecule has 0 unspecified atom stereocenters. The summed E-state index contributed by atoms with van der Waals surface area (Å²) in [5.41, 5.74) is 11.9. The van der Waals surface area contributed by atoms with Crippen molar-refractivity contribution in [3.63, 3.8) is 0 Å². The molecule has 2 aromatic rings. The van der Waals surface area contributed by atoms with Crippen molar-refractivity contribution < 1.29 is 13.0 Å². The predicted octanol–water partition coefficient (Wildman–Crippen LogP) is 0.870. The number of nitrogen functional groups attached to an aromatic ring is 2. The van der Waals surface area contributed by atoms with Crippen LogP contribution in [-0.4, -0.2) is 42.5 Å². The number of fused-ring (bicyclic) bond motifs is 1. The minimum absolute atomic E-state index is 0. The Labute approximate surface area is 121 Å². The number of hydrogen-bond acceptors (Lipinski definition) is 4. The first-order valence-electron chi connectivity index (χ1n) is 4.45. The Kier molecular flexibility index (Phi) is 4.06. The number of benzene rings is 2. The molecule has 5 nitrogen and oxygen atoms in total. The average Bonchev–Trinajstić information content (AvgIpc) is 2.17. The molecule has 1 radical (unpaired) electrons. The molecule has 5 N–H and O–H groups in total. The van der Waals surface area contributed by atoms with E-state index in [0.29, 0.717) is 16.5 Å². The molecule has 0 aliphatic heterocycles. The van der Waals surface area contributed by atoms with Crippen molar-refractivity contribution in [2.45, 2.75) is 4.90 Å². The molecule has 0 atom stereocenters. The molecule has 0 amide bonds. The number of nitrogens with two attached hydrogens (primary N) is 2. The van der Waals surface area contributed by atoms with Crippen molar-refractivity contribution in [2.24, 2.45) is 0 Å². The van der Waals surface area contributed by atoms with Gasteiger partial charge in [0.1, 0.15) is 4.90 Å². The molecule has 0 aliphatic rings. The van der Waals surface area contributed by atoms with E-state index in [1.54, 1.807) is 12.1 Å². The zero-order valence-corrected chi connectivity index (χ0v) is 12.0. The third kappa shape index (κ3) is 2.72. The van der Waals surface area contributed by atoms with Gasteiger partial charge in [0.25, 0.3) is 10.1 Å². The molecule has 0 heterocycles. The van der Waals surface area contributed by atoms with Crippen molar-refractivity contribution in [1.29, 1.82) is 0 Å². The Morgan fingerprint density at radius 3 is 2.24 bits per heavy atom. The fourth-order valence-corrected chi connectivity index (χ4v) is 2.26. The van der Waals surface area contributed by atoms with E-state index in [4.69, 9.17) is 16.0 Å². The summed E-state index contributed by atoms with van der Waals surface area (Å²) in [6.07, 6.45) is 0. The maximum absolute atomic E-state index is 11.1. The fraction of sp³-hybridized carbons (Fsp3) is 0. The number of hydrogen-bond donors (Lipinski definition) is 3. The molecule has 17 heavy (non-hydrogen) atoms. The second-order valence-corrected chi connectivity index (χ2v) is 4.82. The summed E-state index contributed by atoms with van der Waals surface area (Å²) in [5, 5.41) is 0.971. The van der Waals surface area contributed by atoms with E-state index in [0.717, 1.165) is 0 Å². The van der Waals surface area contributed by atoms with E-state index in [1.807, 2.05) is 0 Å². The number of anilines is 2. The maximum Gasteiger partial charge on any atom is 0.295 e. The first kappa shape index (κ1) is 14.3. The molecule has 0 saturated heterocycles. The Bertz CT molecular complexity index is 671. The molecule has 2 aromatic carbocycles. The maximum atomic E-state index is 11.1. The molecule has 2 rings (SSSR count). The standard InChI is InChI=1S/C10H10N2O3S.Na/c11-8-4-6-2-1-3-10(16(13,14)15)7(6)5-9(8)12;/h1-5H,11-12H2,(H,13,14,15);. The molecule has 7 heteroatoms. The van der Waals surface area contributed by atoms with E-state index >= 15 is 0 Å². The van der Waals surface area contributed by atoms with Crippen molar-refractivity contribution in [1.82, 2.24) is 0 Å². The van der Waals surface area contributed by atoms with E-state index < -0.39 is 10.1 Å². The van der Waals surface area contributed by atoms with Crippen LogP contribution in [0.4, 0.5) is 11.4 Å². The average molecular weight is 261 g/mol. The minimum atomic E-state index is -4.26. The van der Waals surface area contributed by atoms with E-state index in [9.17, 15) is 8.42 Å². The van der Waals surface area contributed by atoms with Gasteiger partial charge in [-0.3, -0.25) is 4.55 Å². The summed E-state index contributed by atoms with van der Waals surface area (Å²) in [5.74, 6) is 0. The zero-order chi connectivity index (χ0) is 11.9. The van der Waals surface area contributed by atoms with Gasteiger partial charge in [0.05, 0.1) is 11.4 Å². The quantitative estimate of drug-likeness (QED) is 0.401. The van der Waals surface area contributed by atoms with Crippen molar-refractivity contribution >= 4 is 61.8 Å². The molecule has 0 aromatic heterocycles. The van der Waals surface area contributed by atoms with Gasteiger partial charge in [0.2, 0.25) is 0 Å². The molecular formula is C10H10N2NaO3S. The summed E-state index contributed by atoms with van der Waals surface area (Å²) in [6, 6.07) is 7.54. The van der Waals surface area contributed by atoms with Gasteiger partial charge in [-0.2, -0.15) is 8.42 Å². The number of rotatable bonds is 1. The second-order valence-electron chi connectivity index (χ2n) is 3.43. The third-order valence-corrected chi connectivity index (χ3v) is 3.23. The summed E-state index contributed by atoms with van der Waals surface area (Å²) < 4.78 is 31.3. The van der Waals surface area contributed by atoms with Gasteiger partial charge in [-0.1, -0.05) is 12.1 Å². The molecule has 0 saturated carbocycles. The van der Waals surface area contributed by atoms with Gasteiger partial charge in [-0.05, 0) is 23.6 Å². The second kappa shape index (κ2) is 4.83. The smallest absolute Gasteiger partial charge is 0.295 e. The van der Waals surface area contributed by atoms with Gasteiger partial charge in [0, 0.05) is 34.9 Å². The molecular weight excluding hydrogens is 251 g/mol. The van der Waals surface area contributed by atoms with Crippen LogP contribution in [0.3, 0.4) is 0 Å². The summed E-state index contributed by atoms with van der Waals surface area (Å²) in [4.78, 5) is -0.170. The Hall–Kier alpha value is -0.790. The van der Waals surface area contributed by atoms with Crippen LogP contribution in [0.25, 0.3) is 10.8 Å². The van der Waals surface area contributed by atoms with Crippen LogP contribution in [0.5, 0.6) is 0 Å². The molecule has 85 valence electrons. The molecule has 0 fully saturated rings. The van der Waals surface area contributed by atoms with Crippen molar-refractivity contribution in [3.05, 3.63) is 30.3 Å². The van der Waals surface area contributed by atoms with Crippen LogP contribution in [-0.2, 0) is 10.1 Å². The summed E-state index contributed by atoms with van der Waals surface area (Å²) in [7, 11) is -4.26. The largest absolute Gasteiger partial charge is 0.397 e. The summed E-state index contributed by atoms with van der Waals surface area (Å²) in [6.45, 7) is 0. The molecule has 0 aliphatic carbocycles. The van der Waals surface area contributed by atoms with Crippen molar-refractivity contribution in [2.75, 3.05) is 11.5 Å². The van der Waals surface area contributed by atoms with Crippen LogP contribution in [0.1, 0.15) is 0 Å². The normalized spacial score (nSPS) is 11.1. The first-order chi connectivity index (χ1) is 7.39. The Morgan fingerprint density at radius 2 is 1.65 bits per heavy atom. The van der Waals surface area contributed by atoms with Gasteiger partial charge >= 0.3 is 0 Å². The van der Waals surface area contributed by atoms with E-state index in [-0.39, 0.29) is 40.1 Å². The van der Waals surface area contributed by atoms with Crippen LogP contribution < -0.4 is 11.5 Å². The SMILES string of the molecule is Nc1cc2cccc(S(=O)(=O)O)c2cc1N.[Na]. The molecule has 0 bridgehead atoms. The van der Waals surface area contributed by atoms with Crippen molar-refractivity contribution in [3.8, 4) is 0 Å². The van der Waals surface area contributed by atoms with Crippen LogP contribution in [0, 0.1) is 0 Å². The third-order valence-electron chi connectivity index (χ3n) is 2.32. The van der Waals surface area contributed by atoms with Gasteiger partial charge < -0.3 is 11.5 Å².